The first-order valence-corrected chi connectivity index (χ1v) is 13.1. The molecule has 2 bridgehead atoms. The molecule has 0 aromatic carbocycles. The second-order valence-corrected chi connectivity index (χ2v) is 11.8. The first kappa shape index (κ1) is 22.5. The third-order valence-electron chi connectivity index (χ3n) is 6.53. The van der Waals surface area contributed by atoms with Crippen LogP contribution in [0.5, 0.6) is 0 Å². The molecular formula is C21H26ClN3O4S2. The van der Waals surface area contributed by atoms with E-state index in [1.807, 2.05) is 18.2 Å². The number of aromatic nitrogens is 1. The summed E-state index contributed by atoms with van der Waals surface area (Å²) in [7, 11) is -2.37. The maximum atomic E-state index is 13.1. The van der Waals surface area contributed by atoms with Crippen LogP contribution in [0.2, 0.25) is 4.34 Å². The van der Waals surface area contributed by atoms with Gasteiger partial charge in [0.25, 0.3) is 0 Å². The van der Waals surface area contributed by atoms with E-state index in [9.17, 15) is 13.2 Å². The number of ether oxygens (including phenoxy) is 1. The van der Waals surface area contributed by atoms with Crippen LogP contribution in [0.4, 0.5) is 4.79 Å². The van der Waals surface area contributed by atoms with Crippen molar-refractivity contribution in [3.05, 3.63) is 46.6 Å². The van der Waals surface area contributed by atoms with Crippen molar-refractivity contribution in [2.45, 2.75) is 54.3 Å². The van der Waals surface area contributed by atoms with E-state index in [1.54, 1.807) is 17.2 Å². The largest absolute Gasteiger partial charge is 0.453 e. The molecule has 7 nitrogen and oxygen atoms in total. The van der Waals surface area contributed by atoms with E-state index >= 15 is 0 Å². The van der Waals surface area contributed by atoms with Crippen molar-refractivity contribution in [3.63, 3.8) is 0 Å². The maximum Gasteiger partial charge on any atom is 0.410 e. The molecule has 2 aromatic rings. The highest BCUT2D eigenvalue weighted by Crippen LogP contribution is 2.49. The van der Waals surface area contributed by atoms with Crippen LogP contribution >= 0.6 is 22.9 Å². The molecule has 0 spiro atoms. The number of nitrogens with one attached hydrogen (secondary N) is 1. The molecule has 2 heterocycles. The summed E-state index contributed by atoms with van der Waals surface area (Å²) in [6.07, 6.45) is 6.11. The van der Waals surface area contributed by atoms with Gasteiger partial charge in [-0.05, 0) is 55.9 Å². The quantitative estimate of drug-likeness (QED) is 0.640. The minimum atomic E-state index is -3.74. The lowest BCUT2D eigenvalue weighted by Crippen LogP contribution is -2.64. The average molecular weight is 484 g/mol. The Kier molecular flexibility index (Phi) is 6.57. The Morgan fingerprint density at radius 1 is 1.32 bits per heavy atom. The topological polar surface area (TPSA) is 88.6 Å². The van der Waals surface area contributed by atoms with E-state index in [1.165, 1.54) is 13.2 Å². The van der Waals surface area contributed by atoms with Crippen LogP contribution in [-0.2, 0) is 21.2 Å². The second kappa shape index (κ2) is 9.05. The molecule has 0 aliphatic heterocycles. The molecule has 31 heavy (non-hydrogen) atoms. The predicted molar refractivity (Wildman–Crippen MR) is 120 cm³/mol. The Bertz CT molecular complexity index is 1030. The highest BCUT2D eigenvalue weighted by molar-refractivity contribution is 7.91. The number of hydrogen-bond donors (Lipinski definition) is 1. The fraction of sp³-hybridized carbons (Fsp3) is 0.524. The standard InChI is InChI=1S/C21H26ClN3O4S2/c1-29-20(26)25(14-10-16-6-2-3-13-23-16)21-11-4-5-15(9-12-21)19(21)24-31(27,28)18-8-7-17(22)30-18/h2-3,6-8,13,15,19,24H,4-5,9-12,14H2,1H3/t15-,19-,21-/m0/s1. The van der Waals surface area contributed by atoms with Gasteiger partial charge in [-0.2, -0.15) is 0 Å². The number of thiophene rings is 1. The zero-order valence-electron chi connectivity index (χ0n) is 17.3. The van der Waals surface area contributed by atoms with Crippen molar-refractivity contribution >= 4 is 39.1 Å². The van der Waals surface area contributed by atoms with Crippen molar-refractivity contribution in [2.75, 3.05) is 13.7 Å². The molecule has 10 heteroatoms. The summed E-state index contributed by atoms with van der Waals surface area (Å²) in [5, 5.41) is 0. The van der Waals surface area contributed by atoms with Gasteiger partial charge in [0.05, 0.1) is 17.0 Å². The zero-order chi connectivity index (χ0) is 22.1. The average Bonchev–Trinajstić information content (AvgIpc) is 3.27. The number of amides is 1. The van der Waals surface area contributed by atoms with Crippen LogP contribution in [0.3, 0.4) is 0 Å². The minimum Gasteiger partial charge on any atom is -0.453 e. The van der Waals surface area contributed by atoms with Crippen LogP contribution < -0.4 is 4.72 Å². The van der Waals surface area contributed by atoms with Gasteiger partial charge in [-0.3, -0.25) is 4.98 Å². The molecule has 3 atom stereocenters. The molecule has 1 N–H and O–H groups in total. The summed E-state index contributed by atoms with van der Waals surface area (Å²) < 4.78 is 34.9. The Labute approximate surface area is 191 Å². The Hall–Kier alpha value is -1.68. The van der Waals surface area contributed by atoms with E-state index in [-0.39, 0.29) is 16.2 Å². The number of hydrogen-bond acceptors (Lipinski definition) is 6. The molecule has 0 saturated heterocycles. The van der Waals surface area contributed by atoms with Crippen molar-refractivity contribution in [1.29, 1.82) is 0 Å². The van der Waals surface area contributed by atoms with Crippen molar-refractivity contribution in [3.8, 4) is 0 Å². The molecule has 2 aliphatic carbocycles. The summed E-state index contributed by atoms with van der Waals surface area (Å²) in [5.41, 5.74) is 0.266. The third-order valence-corrected chi connectivity index (χ3v) is 9.69. The van der Waals surface area contributed by atoms with Gasteiger partial charge in [-0.15, -0.1) is 11.3 Å². The zero-order valence-corrected chi connectivity index (χ0v) is 19.7. The van der Waals surface area contributed by atoms with Gasteiger partial charge in [-0.1, -0.05) is 24.1 Å². The van der Waals surface area contributed by atoms with Gasteiger partial charge in [0, 0.05) is 30.9 Å². The van der Waals surface area contributed by atoms with Crippen molar-refractivity contribution < 1.29 is 17.9 Å². The van der Waals surface area contributed by atoms with Crippen LogP contribution in [0.25, 0.3) is 0 Å². The molecule has 0 unspecified atom stereocenters. The highest BCUT2D eigenvalue weighted by Gasteiger charge is 2.56. The van der Waals surface area contributed by atoms with Crippen LogP contribution in [-0.4, -0.2) is 49.6 Å². The predicted octanol–water partition coefficient (Wildman–Crippen LogP) is 4.09. The minimum absolute atomic E-state index is 0.181. The van der Waals surface area contributed by atoms with Crippen molar-refractivity contribution in [2.24, 2.45) is 5.92 Å². The van der Waals surface area contributed by atoms with E-state index < -0.39 is 21.7 Å². The molecule has 2 saturated carbocycles. The van der Waals surface area contributed by atoms with Crippen LogP contribution in [0.1, 0.15) is 37.8 Å². The number of fused-ring (bicyclic) bond motifs is 2. The SMILES string of the molecule is COC(=O)N(CCc1ccccn1)[C@@]12CCC[C@@H](CC1)[C@@H]2NS(=O)(=O)c1ccc(Cl)s1. The molecule has 1 amide bonds. The van der Waals surface area contributed by atoms with E-state index in [2.05, 4.69) is 9.71 Å². The smallest absolute Gasteiger partial charge is 0.410 e. The number of sulfonamides is 1. The molecule has 168 valence electrons. The molecule has 2 aliphatic rings. The number of rotatable bonds is 7. The summed E-state index contributed by atoms with van der Waals surface area (Å²) in [6.45, 7) is 0.416. The summed E-state index contributed by atoms with van der Waals surface area (Å²) in [5.74, 6) is 0.181. The first-order valence-electron chi connectivity index (χ1n) is 10.4. The summed E-state index contributed by atoms with van der Waals surface area (Å²) in [4.78, 5) is 19.0. The second-order valence-electron chi connectivity index (χ2n) is 8.14. The third kappa shape index (κ3) is 4.46. The number of pyridine rings is 1. The van der Waals surface area contributed by atoms with Gasteiger partial charge in [0.2, 0.25) is 10.0 Å². The molecule has 2 aromatic heterocycles. The Morgan fingerprint density at radius 3 is 2.84 bits per heavy atom. The van der Waals surface area contributed by atoms with Gasteiger partial charge in [0.15, 0.2) is 0 Å². The van der Waals surface area contributed by atoms with E-state index in [4.69, 9.17) is 16.3 Å². The first-order chi connectivity index (χ1) is 14.9. The normalized spacial score (nSPS) is 25.4. The molecule has 4 rings (SSSR count). The fourth-order valence-corrected chi connectivity index (χ4v) is 8.02. The number of nitrogens with zero attached hydrogens (tertiary/aromatic N) is 2. The maximum absolute atomic E-state index is 13.1. The van der Waals surface area contributed by atoms with Gasteiger partial charge in [-0.25, -0.2) is 17.9 Å². The lowest BCUT2D eigenvalue weighted by molar-refractivity contribution is 0.0327. The van der Waals surface area contributed by atoms with Gasteiger partial charge >= 0.3 is 6.09 Å². The van der Waals surface area contributed by atoms with E-state index in [0.29, 0.717) is 17.3 Å². The Morgan fingerprint density at radius 2 is 2.16 bits per heavy atom. The van der Waals surface area contributed by atoms with E-state index in [0.717, 1.165) is 49.1 Å². The molecule has 2 fully saturated rings. The summed E-state index contributed by atoms with van der Waals surface area (Å²) >= 11 is 7.00. The lowest BCUT2D eigenvalue weighted by Gasteiger charge is -2.48. The number of carbonyl (C=O) groups is 1. The number of methoxy groups -OCH3 is 1. The Balaban J connectivity index is 1.63. The van der Waals surface area contributed by atoms with Gasteiger partial charge < -0.3 is 9.64 Å². The summed E-state index contributed by atoms with van der Waals surface area (Å²) in [6, 6.07) is 8.43. The fourth-order valence-electron chi connectivity index (χ4n) is 5.15. The molecule has 0 radical (unpaired) electrons. The molecular weight excluding hydrogens is 458 g/mol. The monoisotopic (exact) mass is 483 g/mol. The van der Waals surface area contributed by atoms with Crippen LogP contribution in [0.15, 0.2) is 40.7 Å². The highest BCUT2D eigenvalue weighted by atomic mass is 35.5. The van der Waals surface area contributed by atoms with Crippen LogP contribution in [0, 0.1) is 5.92 Å². The van der Waals surface area contributed by atoms with Gasteiger partial charge in [0.1, 0.15) is 4.21 Å². The lowest BCUT2D eigenvalue weighted by atomic mass is 9.77. The number of carbonyl (C=O) groups excluding carboxylic acids is 1. The number of halogens is 1. The van der Waals surface area contributed by atoms with Crippen molar-refractivity contribution in [1.82, 2.24) is 14.6 Å².